The molecule has 0 aromatic heterocycles. The van der Waals surface area contributed by atoms with E-state index in [-0.39, 0.29) is 36.0 Å². The van der Waals surface area contributed by atoms with Crippen molar-refractivity contribution in [2.24, 2.45) is 11.8 Å². The summed E-state index contributed by atoms with van der Waals surface area (Å²) in [5.74, 6) is 1.05. The van der Waals surface area contributed by atoms with Gasteiger partial charge < -0.3 is 25.6 Å². The average molecular weight is 539 g/mol. The van der Waals surface area contributed by atoms with E-state index < -0.39 is 0 Å². The van der Waals surface area contributed by atoms with E-state index in [4.69, 9.17) is 4.74 Å². The molecule has 3 amide bonds. The number of rotatable bonds is 6. The first-order valence-corrected chi connectivity index (χ1v) is 14.5. The van der Waals surface area contributed by atoms with Gasteiger partial charge in [-0.05, 0) is 54.2 Å². The quantitative estimate of drug-likeness (QED) is 0.370. The maximum absolute atomic E-state index is 14.3. The molecule has 2 fully saturated rings. The molecule has 6 rings (SSSR count). The number of carbonyl (C=O) groups is 2. The Bertz CT molecular complexity index is 1330. The van der Waals surface area contributed by atoms with Crippen LogP contribution in [0.2, 0.25) is 0 Å². The van der Waals surface area contributed by atoms with Crippen LogP contribution < -0.4 is 20.7 Å². The van der Waals surface area contributed by atoms with Gasteiger partial charge in [-0.2, -0.15) is 0 Å². The molecular formula is C33H38N4O3. The fourth-order valence-corrected chi connectivity index (χ4v) is 6.92. The van der Waals surface area contributed by atoms with Crippen LogP contribution in [0, 0.1) is 11.8 Å². The molecule has 3 N–H and O–H groups in total. The van der Waals surface area contributed by atoms with Crippen molar-refractivity contribution in [3.05, 3.63) is 95.6 Å². The number of carbonyl (C=O) groups excluding carboxylic acids is 2. The third-order valence-corrected chi connectivity index (χ3v) is 8.92. The number of para-hydroxylation sites is 1. The van der Waals surface area contributed by atoms with Crippen LogP contribution in [0.3, 0.4) is 0 Å². The standard InChI is InChI=1S/C33H38N4O3/c1-40-24-17-15-22(16-18-24)21-34-33(39)36-29-14-8-6-12-26(29)32(38)37-20-19-27-30(23-9-3-2-4-10-23)35-28-13-7-5-11-25(28)31(27)37/h2-5,7,9-11,13,15-18,26-27,29-31,35H,6,8,12,14,19-21H2,1H3,(H2,34,36,39)/t26-,27+,29+,30-,31-/m0/s1. The van der Waals surface area contributed by atoms with E-state index in [0.29, 0.717) is 12.5 Å². The molecule has 7 heteroatoms. The summed E-state index contributed by atoms with van der Waals surface area (Å²) in [6.45, 7) is 1.15. The minimum Gasteiger partial charge on any atom is -0.497 e. The number of ether oxygens (including phenoxy) is 1. The third-order valence-electron chi connectivity index (χ3n) is 8.92. The molecule has 3 aromatic rings. The number of fused-ring (bicyclic) bond motifs is 3. The number of benzene rings is 3. The molecule has 1 saturated heterocycles. The van der Waals surface area contributed by atoms with Gasteiger partial charge in [0.2, 0.25) is 5.91 Å². The van der Waals surface area contributed by atoms with Crippen molar-refractivity contribution < 1.29 is 14.3 Å². The number of hydrogen-bond donors (Lipinski definition) is 3. The molecular weight excluding hydrogens is 500 g/mol. The maximum atomic E-state index is 14.3. The number of nitrogens with one attached hydrogen (secondary N) is 3. The van der Waals surface area contributed by atoms with Gasteiger partial charge in [0, 0.05) is 30.7 Å². The summed E-state index contributed by atoms with van der Waals surface area (Å²) in [6.07, 6.45) is 4.60. The Morgan fingerprint density at radius 2 is 1.68 bits per heavy atom. The number of urea groups is 1. The molecule has 3 aromatic carbocycles. The van der Waals surface area contributed by atoms with E-state index in [9.17, 15) is 9.59 Å². The zero-order chi connectivity index (χ0) is 27.5. The van der Waals surface area contributed by atoms with Gasteiger partial charge in [0.15, 0.2) is 0 Å². The van der Waals surface area contributed by atoms with E-state index in [0.717, 1.165) is 55.6 Å². The predicted molar refractivity (Wildman–Crippen MR) is 156 cm³/mol. The van der Waals surface area contributed by atoms with Crippen LogP contribution in [0.4, 0.5) is 10.5 Å². The van der Waals surface area contributed by atoms with Crippen molar-refractivity contribution in [2.75, 3.05) is 19.0 Å². The zero-order valence-electron chi connectivity index (χ0n) is 23.0. The summed E-state index contributed by atoms with van der Waals surface area (Å²) in [7, 11) is 1.64. The Hall–Kier alpha value is -4.00. The second kappa shape index (κ2) is 11.6. The molecule has 0 spiro atoms. The van der Waals surface area contributed by atoms with Crippen molar-refractivity contribution >= 4 is 17.6 Å². The van der Waals surface area contributed by atoms with Gasteiger partial charge in [0.05, 0.1) is 25.1 Å². The van der Waals surface area contributed by atoms with E-state index in [1.54, 1.807) is 7.11 Å². The Morgan fingerprint density at radius 3 is 2.48 bits per heavy atom. The lowest BCUT2D eigenvalue weighted by atomic mass is 9.79. The van der Waals surface area contributed by atoms with Gasteiger partial charge >= 0.3 is 6.03 Å². The van der Waals surface area contributed by atoms with Crippen molar-refractivity contribution in [1.82, 2.24) is 15.5 Å². The van der Waals surface area contributed by atoms with Gasteiger partial charge in [0.1, 0.15) is 5.75 Å². The van der Waals surface area contributed by atoms with E-state index in [1.165, 1.54) is 11.1 Å². The molecule has 5 atom stereocenters. The number of likely N-dealkylation sites (tertiary alicyclic amines) is 1. The normalized spacial score (nSPS) is 25.2. The van der Waals surface area contributed by atoms with Crippen LogP contribution in [0.15, 0.2) is 78.9 Å². The van der Waals surface area contributed by atoms with Gasteiger partial charge in [-0.15, -0.1) is 0 Å². The number of amides is 3. The first-order chi connectivity index (χ1) is 19.6. The van der Waals surface area contributed by atoms with E-state index in [2.05, 4.69) is 69.4 Å². The van der Waals surface area contributed by atoms with Crippen molar-refractivity contribution in [3.63, 3.8) is 0 Å². The second-order valence-corrected chi connectivity index (χ2v) is 11.2. The Labute approximate surface area is 236 Å². The lowest BCUT2D eigenvalue weighted by Crippen LogP contribution is -2.52. The molecule has 1 aliphatic carbocycles. The number of hydrogen-bond acceptors (Lipinski definition) is 4. The first-order valence-electron chi connectivity index (χ1n) is 14.5. The number of anilines is 1. The fraction of sp³-hybridized carbons (Fsp3) is 0.394. The highest BCUT2D eigenvalue weighted by molar-refractivity contribution is 5.83. The van der Waals surface area contributed by atoms with Crippen LogP contribution >= 0.6 is 0 Å². The van der Waals surface area contributed by atoms with Crippen molar-refractivity contribution in [1.29, 1.82) is 0 Å². The first kappa shape index (κ1) is 26.2. The Balaban J connectivity index is 1.17. The largest absolute Gasteiger partial charge is 0.497 e. The molecule has 0 radical (unpaired) electrons. The highest BCUT2D eigenvalue weighted by Gasteiger charge is 2.48. The molecule has 7 nitrogen and oxygen atoms in total. The average Bonchev–Trinajstić information content (AvgIpc) is 3.46. The maximum Gasteiger partial charge on any atom is 0.315 e. The van der Waals surface area contributed by atoms with Crippen molar-refractivity contribution in [2.45, 2.75) is 56.8 Å². The fourth-order valence-electron chi connectivity index (χ4n) is 6.92. The van der Waals surface area contributed by atoms with Gasteiger partial charge in [-0.25, -0.2) is 4.79 Å². The zero-order valence-corrected chi connectivity index (χ0v) is 23.0. The van der Waals surface area contributed by atoms with Crippen molar-refractivity contribution in [3.8, 4) is 5.75 Å². The van der Waals surface area contributed by atoms with Crippen LogP contribution in [0.25, 0.3) is 0 Å². The topological polar surface area (TPSA) is 82.7 Å². The highest BCUT2D eigenvalue weighted by atomic mass is 16.5. The minimum absolute atomic E-state index is 0.0293. The molecule has 2 aliphatic heterocycles. The number of methoxy groups -OCH3 is 1. The lowest BCUT2D eigenvalue weighted by molar-refractivity contribution is -0.138. The third kappa shape index (κ3) is 5.25. The number of nitrogens with zero attached hydrogens (tertiary/aromatic N) is 1. The smallest absolute Gasteiger partial charge is 0.315 e. The van der Waals surface area contributed by atoms with E-state index in [1.807, 2.05) is 30.3 Å². The van der Waals surface area contributed by atoms with Gasteiger partial charge in [0.25, 0.3) is 0 Å². The molecule has 3 aliphatic rings. The molecule has 2 heterocycles. The summed E-state index contributed by atoms with van der Waals surface area (Å²) in [5, 5.41) is 9.91. The summed E-state index contributed by atoms with van der Waals surface area (Å²) in [4.78, 5) is 29.3. The molecule has 1 saturated carbocycles. The summed E-state index contributed by atoms with van der Waals surface area (Å²) in [5.41, 5.74) is 4.55. The van der Waals surface area contributed by atoms with E-state index >= 15 is 0 Å². The van der Waals surface area contributed by atoms with Crippen LogP contribution in [-0.2, 0) is 11.3 Å². The molecule has 0 unspecified atom stereocenters. The molecule has 0 bridgehead atoms. The SMILES string of the molecule is COc1ccc(CNC(=O)N[C@@H]2CCCC[C@@H]2C(=O)N2CC[C@@H]3[C@H](c4ccccc4)Nc4ccccc4[C@@H]32)cc1. The molecule has 208 valence electrons. The van der Waals surface area contributed by atoms with Gasteiger partial charge in [-0.3, -0.25) is 4.79 Å². The van der Waals surface area contributed by atoms with Crippen LogP contribution in [0.5, 0.6) is 5.75 Å². The lowest BCUT2D eigenvalue weighted by Gasteiger charge is -2.42. The van der Waals surface area contributed by atoms with Crippen LogP contribution in [-0.4, -0.2) is 36.5 Å². The monoisotopic (exact) mass is 538 g/mol. The summed E-state index contributed by atoms with van der Waals surface area (Å²) < 4.78 is 5.21. The Kier molecular flexibility index (Phi) is 7.62. The Morgan fingerprint density at radius 1 is 0.925 bits per heavy atom. The second-order valence-electron chi connectivity index (χ2n) is 11.2. The molecule has 40 heavy (non-hydrogen) atoms. The minimum atomic E-state index is -0.226. The summed E-state index contributed by atoms with van der Waals surface area (Å²) in [6, 6.07) is 26.4. The summed E-state index contributed by atoms with van der Waals surface area (Å²) >= 11 is 0. The van der Waals surface area contributed by atoms with Gasteiger partial charge in [-0.1, -0.05) is 73.5 Å². The highest BCUT2D eigenvalue weighted by Crippen LogP contribution is 2.51. The predicted octanol–water partition coefficient (Wildman–Crippen LogP) is 5.81. The van der Waals surface area contributed by atoms with Crippen LogP contribution in [0.1, 0.15) is 60.9 Å².